The Morgan fingerprint density at radius 2 is 1.94 bits per heavy atom. The average molecular weight is 289 g/mol. The van der Waals surface area contributed by atoms with Gasteiger partial charge in [-0.25, -0.2) is 0 Å². The van der Waals surface area contributed by atoms with E-state index in [1.807, 2.05) is 6.07 Å². The Morgan fingerprint density at radius 1 is 1.22 bits per heavy atom. The standard InChI is InChI=1S/C15H22Cl2O/c1-3-5-6-11(4-2)15(18)10-12-9-13(16)7-8-14(12)17/h7-9,11,15,18H,3-6,10H2,1-2H3. The van der Waals surface area contributed by atoms with Gasteiger partial charge in [0.05, 0.1) is 6.10 Å². The number of aliphatic hydroxyl groups is 1. The first-order valence-corrected chi connectivity index (χ1v) is 7.46. The van der Waals surface area contributed by atoms with Crippen molar-refractivity contribution in [3.05, 3.63) is 33.8 Å². The molecule has 3 heteroatoms. The minimum Gasteiger partial charge on any atom is -0.392 e. The van der Waals surface area contributed by atoms with Crippen LogP contribution in [0.25, 0.3) is 0 Å². The molecule has 1 aromatic rings. The lowest BCUT2D eigenvalue weighted by molar-refractivity contribution is 0.0987. The van der Waals surface area contributed by atoms with Crippen molar-refractivity contribution in [1.29, 1.82) is 0 Å². The molecule has 1 rings (SSSR count). The van der Waals surface area contributed by atoms with Gasteiger partial charge in [0.15, 0.2) is 0 Å². The Bertz CT molecular complexity index is 366. The van der Waals surface area contributed by atoms with Crippen molar-refractivity contribution in [2.75, 3.05) is 0 Å². The van der Waals surface area contributed by atoms with E-state index in [-0.39, 0.29) is 6.10 Å². The molecule has 0 bridgehead atoms. The van der Waals surface area contributed by atoms with Crippen LogP contribution >= 0.6 is 23.2 Å². The van der Waals surface area contributed by atoms with E-state index in [4.69, 9.17) is 23.2 Å². The second kappa shape index (κ2) is 8.04. The van der Waals surface area contributed by atoms with Gasteiger partial charge in [-0.15, -0.1) is 0 Å². The third kappa shape index (κ3) is 4.79. The van der Waals surface area contributed by atoms with Crippen molar-refractivity contribution in [3.63, 3.8) is 0 Å². The van der Waals surface area contributed by atoms with E-state index in [0.717, 1.165) is 18.4 Å². The average Bonchev–Trinajstić information content (AvgIpc) is 2.35. The van der Waals surface area contributed by atoms with Crippen molar-refractivity contribution in [3.8, 4) is 0 Å². The first-order chi connectivity index (χ1) is 8.58. The first-order valence-electron chi connectivity index (χ1n) is 6.70. The second-order valence-electron chi connectivity index (χ2n) is 4.82. The number of hydrogen-bond donors (Lipinski definition) is 1. The summed E-state index contributed by atoms with van der Waals surface area (Å²) in [5.74, 6) is 0.347. The van der Waals surface area contributed by atoms with Crippen LogP contribution in [0.2, 0.25) is 10.0 Å². The Labute approximate surface area is 120 Å². The fraction of sp³-hybridized carbons (Fsp3) is 0.600. The maximum Gasteiger partial charge on any atom is 0.0609 e. The predicted octanol–water partition coefficient (Wildman–Crippen LogP) is 5.11. The summed E-state index contributed by atoms with van der Waals surface area (Å²) in [6.07, 6.45) is 4.66. The molecule has 0 aliphatic heterocycles. The fourth-order valence-corrected chi connectivity index (χ4v) is 2.62. The summed E-state index contributed by atoms with van der Waals surface area (Å²) in [6, 6.07) is 5.41. The van der Waals surface area contributed by atoms with Crippen LogP contribution < -0.4 is 0 Å². The Kier molecular flexibility index (Phi) is 7.06. The van der Waals surface area contributed by atoms with Crippen LogP contribution in [0.3, 0.4) is 0 Å². The third-order valence-electron chi connectivity index (χ3n) is 3.43. The minimum atomic E-state index is -0.336. The Hall–Kier alpha value is -0.240. The summed E-state index contributed by atoms with van der Waals surface area (Å²) in [5, 5.41) is 11.7. The van der Waals surface area contributed by atoms with E-state index in [1.165, 1.54) is 12.8 Å². The Balaban J connectivity index is 2.66. The van der Waals surface area contributed by atoms with Gasteiger partial charge in [0, 0.05) is 16.5 Å². The highest BCUT2D eigenvalue weighted by Gasteiger charge is 2.18. The summed E-state index contributed by atoms with van der Waals surface area (Å²) in [4.78, 5) is 0. The highest BCUT2D eigenvalue weighted by atomic mass is 35.5. The molecule has 0 amide bonds. The molecule has 0 saturated carbocycles. The third-order valence-corrected chi connectivity index (χ3v) is 4.04. The van der Waals surface area contributed by atoms with Gasteiger partial charge in [0.1, 0.15) is 0 Å². The number of rotatable bonds is 7. The normalized spacial score (nSPS) is 14.5. The van der Waals surface area contributed by atoms with Crippen LogP contribution in [0.15, 0.2) is 18.2 Å². The monoisotopic (exact) mass is 288 g/mol. The van der Waals surface area contributed by atoms with E-state index < -0.39 is 0 Å². The molecule has 102 valence electrons. The molecule has 0 aliphatic rings. The molecule has 0 heterocycles. The number of unbranched alkanes of at least 4 members (excludes halogenated alkanes) is 1. The Morgan fingerprint density at radius 3 is 2.56 bits per heavy atom. The number of aliphatic hydroxyl groups excluding tert-OH is 1. The number of benzene rings is 1. The molecule has 0 spiro atoms. The zero-order valence-electron chi connectivity index (χ0n) is 11.1. The minimum absolute atomic E-state index is 0.336. The zero-order valence-corrected chi connectivity index (χ0v) is 12.6. The van der Waals surface area contributed by atoms with Gasteiger partial charge in [-0.2, -0.15) is 0 Å². The van der Waals surface area contributed by atoms with Crippen LogP contribution in [-0.4, -0.2) is 11.2 Å². The predicted molar refractivity (Wildman–Crippen MR) is 79.5 cm³/mol. The molecular weight excluding hydrogens is 267 g/mol. The van der Waals surface area contributed by atoms with Gasteiger partial charge in [0.2, 0.25) is 0 Å². The van der Waals surface area contributed by atoms with Crippen molar-refractivity contribution in [1.82, 2.24) is 0 Å². The lowest BCUT2D eigenvalue weighted by Gasteiger charge is -2.22. The van der Waals surface area contributed by atoms with Crippen LogP contribution in [0.4, 0.5) is 0 Å². The molecule has 0 aliphatic carbocycles. The van der Waals surface area contributed by atoms with E-state index in [1.54, 1.807) is 12.1 Å². The summed E-state index contributed by atoms with van der Waals surface area (Å²) in [5.41, 5.74) is 0.937. The molecule has 2 unspecified atom stereocenters. The fourth-order valence-electron chi connectivity index (χ4n) is 2.23. The topological polar surface area (TPSA) is 20.2 Å². The molecule has 0 fully saturated rings. The van der Waals surface area contributed by atoms with Crippen molar-refractivity contribution in [2.24, 2.45) is 5.92 Å². The van der Waals surface area contributed by atoms with Gasteiger partial charge in [-0.05, 0) is 36.1 Å². The van der Waals surface area contributed by atoms with E-state index in [0.29, 0.717) is 22.4 Å². The largest absolute Gasteiger partial charge is 0.392 e. The smallest absolute Gasteiger partial charge is 0.0609 e. The van der Waals surface area contributed by atoms with Crippen LogP contribution in [0.5, 0.6) is 0 Å². The highest BCUT2D eigenvalue weighted by molar-refractivity contribution is 6.33. The quantitative estimate of drug-likeness (QED) is 0.739. The number of hydrogen-bond acceptors (Lipinski definition) is 1. The zero-order chi connectivity index (χ0) is 13.5. The molecule has 1 nitrogen and oxygen atoms in total. The van der Waals surface area contributed by atoms with Gasteiger partial charge in [-0.3, -0.25) is 0 Å². The van der Waals surface area contributed by atoms with Gasteiger partial charge < -0.3 is 5.11 Å². The van der Waals surface area contributed by atoms with E-state index in [9.17, 15) is 5.11 Å². The van der Waals surface area contributed by atoms with Gasteiger partial charge in [0.25, 0.3) is 0 Å². The van der Waals surface area contributed by atoms with Crippen LogP contribution in [0.1, 0.15) is 45.1 Å². The highest BCUT2D eigenvalue weighted by Crippen LogP contribution is 2.25. The maximum atomic E-state index is 10.3. The maximum absolute atomic E-state index is 10.3. The molecule has 2 atom stereocenters. The molecular formula is C15H22Cl2O. The molecule has 0 saturated heterocycles. The SMILES string of the molecule is CCCCC(CC)C(O)Cc1cc(Cl)ccc1Cl. The summed E-state index contributed by atoms with van der Waals surface area (Å²) in [7, 11) is 0. The lowest BCUT2D eigenvalue weighted by Crippen LogP contribution is -2.22. The van der Waals surface area contributed by atoms with Gasteiger partial charge in [-0.1, -0.05) is 56.3 Å². The summed E-state index contributed by atoms with van der Waals surface area (Å²) < 4.78 is 0. The summed E-state index contributed by atoms with van der Waals surface area (Å²) in [6.45, 7) is 4.30. The van der Waals surface area contributed by atoms with Crippen molar-refractivity contribution in [2.45, 2.75) is 52.1 Å². The summed E-state index contributed by atoms with van der Waals surface area (Å²) >= 11 is 12.1. The second-order valence-corrected chi connectivity index (χ2v) is 5.66. The molecule has 1 N–H and O–H groups in total. The van der Waals surface area contributed by atoms with Crippen molar-refractivity contribution < 1.29 is 5.11 Å². The van der Waals surface area contributed by atoms with E-state index in [2.05, 4.69) is 13.8 Å². The molecule has 1 aromatic carbocycles. The molecule has 0 aromatic heterocycles. The number of halogens is 2. The van der Waals surface area contributed by atoms with Crippen LogP contribution in [0, 0.1) is 5.92 Å². The van der Waals surface area contributed by atoms with Crippen molar-refractivity contribution >= 4 is 23.2 Å². The van der Waals surface area contributed by atoms with Gasteiger partial charge >= 0.3 is 0 Å². The molecule has 0 radical (unpaired) electrons. The van der Waals surface area contributed by atoms with E-state index >= 15 is 0 Å². The molecule has 18 heavy (non-hydrogen) atoms. The van der Waals surface area contributed by atoms with Crippen LogP contribution in [-0.2, 0) is 6.42 Å². The first kappa shape index (κ1) is 15.8. The lowest BCUT2D eigenvalue weighted by atomic mass is 9.89.